The minimum Gasteiger partial charge on any atom is -0.388 e. The van der Waals surface area contributed by atoms with Gasteiger partial charge in [0.2, 0.25) is 11.8 Å². The number of aliphatic hydroxyl groups is 1. The molecule has 1 aromatic carbocycles. The summed E-state index contributed by atoms with van der Waals surface area (Å²) < 4.78 is 27.9. The molecule has 5 aliphatic rings. The molecule has 1 heterocycles. The Labute approximate surface area is 287 Å². The molecule has 48 heavy (non-hydrogen) atoms. The van der Waals surface area contributed by atoms with E-state index in [0.717, 1.165) is 63.6 Å². The number of hydrogen-bond donors (Lipinski definition) is 3. The van der Waals surface area contributed by atoms with Crippen LogP contribution in [0.2, 0.25) is 0 Å². The van der Waals surface area contributed by atoms with Crippen LogP contribution in [0.5, 0.6) is 5.75 Å². The zero-order valence-corrected chi connectivity index (χ0v) is 30.1. The molecule has 6 rings (SSSR count). The van der Waals surface area contributed by atoms with Crippen LogP contribution >= 0.6 is 0 Å². The van der Waals surface area contributed by atoms with Gasteiger partial charge in [-0.05, 0) is 104 Å². The van der Waals surface area contributed by atoms with Crippen LogP contribution in [-0.2, 0) is 26.3 Å². The molecule has 10 nitrogen and oxygen atoms in total. The summed E-state index contributed by atoms with van der Waals surface area (Å²) in [7, 11) is -4.06. The fourth-order valence-corrected chi connectivity index (χ4v) is 10.8. The average molecular weight is 687 g/mol. The van der Waals surface area contributed by atoms with Gasteiger partial charge in [-0.25, -0.2) is 0 Å². The van der Waals surface area contributed by atoms with E-state index >= 15 is 0 Å². The maximum atomic E-state index is 13.7. The monoisotopic (exact) mass is 686 g/mol. The topological polar surface area (TPSA) is 142 Å². The van der Waals surface area contributed by atoms with Crippen molar-refractivity contribution in [3.8, 4) is 5.75 Å². The van der Waals surface area contributed by atoms with Gasteiger partial charge in [0, 0.05) is 44.6 Å². The maximum absolute atomic E-state index is 13.7. The third-order valence-corrected chi connectivity index (χ3v) is 13.4. The second-order valence-corrected chi connectivity index (χ2v) is 17.6. The van der Waals surface area contributed by atoms with Gasteiger partial charge in [-0.15, -0.1) is 0 Å². The molecule has 6 atom stereocenters. The van der Waals surface area contributed by atoms with Crippen molar-refractivity contribution in [2.45, 2.75) is 122 Å². The lowest BCUT2D eigenvalue weighted by Gasteiger charge is -2.54. The molecule has 1 saturated heterocycles. The highest BCUT2D eigenvalue weighted by Crippen LogP contribution is 2.64. The third kappa shape index (κ3) is 7.59. The Kier molecular flexibility index (Phi) is 10.5. The van der Waals surface area contributed by atoms with Gasteiger partial charge in [0.25, 0.3) is 0 Å². The Morgan fingerprint density at radius 3 is 2.48 bits per heavy atom. The number of piperazine rings is 1. The second kappa shape index (κ2) is 14.2. The molecule has 3 saturated carbocycles. The van der Waals surface area contributed by atoms with E-state index in [1.165, 1.54) is 31.2 Å². The van der Waals surface area contributed by atoms with E-state index in [1.54, 1.807) is 6.07 Å². The fraction of sp³-hybridized carbons (Fsp3) is 0.784. The average Bonchev–Trinajstić information content (AvgIpc) is 3.64. The summed E-state index contributed by atoms with van der Waals surface area (Å²) in [6.45, 7) is 9.80. The van der Waals surface area contributed by atoms with E-state index in [9.17, 15) is 23.1 Å². The molecular formula is C37H58N4O6S. The van der Waals surface area contributed by atoms with Crippen molar-refractivity contribution in [2.24, 2.45) is 34.2 Å². The lowest BCUT2D eigenvalue weighted by molar-refractivity contribution is -0.141. The van der Waals surface area contributed by atoms with Gasteiger partial charge in [0.1, 0.15) is 11.8 Å². The summed E-state index contributed by atoms with van der Waals surface area (Å²) >= 11 is 0. The van der Waals surface area contributed by atoms with Crippen molar-refractivity contribution in [2.75, 3.05) is 32.7 Å². The Hall–Kier alpha value is -2.21. The molecule has 0 bridgehead atoms. The van der Waals surface area contributed by atoms with E-state index in [4.69, 9.17) is 9.32 Å². The summed E-state index contributed by atoms with van der Waals surface area (Å²) in [5, 5.41) is 20.6. The molecule has 268 valence electrons. The largest absolute Gasteiger partial charge is 0.388 e. The number of nitrogens with two attached hydrogens (primary N) is 1. The van der Waals surface area contributed by atoms with Crippen molar-refractivity contribution < 1.29 is 27.3 Å². The number of nitrogens with one attached hydrogen (secondary N) is 1. The van der Waals surface area contributed by atoms with Crippen LogP contribution in [0, 0.1) is 29.1 Å². The lowest BCUT2D eigenvalue weighted by atomic mass is 9.53. The van der Waals surface area contributed by atoms with Crippen LogP contribution < -0.4 is 14.6 Å². The highest BCUT2D eigenvalue weighted by Gasteiger charge is 2.61. The number of amides is 2. The number of nitrogens with zero attached hydrogens (tertiary/aromatic N) is 2. The maximum Gasteiger partial charge on any atom is 0.380 e. The summed E-state index contributed by atoms with van der Waals surface area (Å²) in [6, 6.07) is 5.08. The van der Waals surface area contributed by atoms with Crippen molar-refractivity contribution in [1.29, 1.82) is 0 Å². The van der Waals surface area contributed by atoms with E-state index in [2.05, 4.69) is 31.0 Å². The Balaban J connectivity index is 1.04. The fourth-order valence-electron chi connectivity index (χ4n) is 10.4. The van der Waals surface area contributed by atoms with Gasteiger partial charge in [0.15, 0.2) is 0 Å². The van der Waals surface area contributed by atoms with E-state index < -0.39 is 21.9 Å². The van der Waals surface area contributed by atoms with Gasteiger partial charge in [0.05, 0.1) is 5.60 Å². The summed E-state index contributed by atoms with van der Waals surface area (Å²) in [5.74, 6) is 2.56. The molecule has 0 unspecified atom stereocenters. The van der Waals surface area contributed by atoms with Crippen molar-refractivity contribution in [3.05, 3.63) is 29.3 Å². The Morgan fingerprint density at radius 1 is 1.06 bits per heavy atom. The normalized spacial score (nSPS) is 31.6. The first-order valence-electron chi connectivity index (χ1n) is 18.6. The predicted molar refractivity (Wildman–Crippen MR) is 185 cm³/mol. The van der Waals surface area contributed by atoms with E-state index in [1.807, 2.05) is 17.0 Å². The Bertz CT molecular complexity index is 1440. The van der Waals surface area contributed by atoms with Crippen LogP contribution in [0.15, 0.2) is 18.2 Å². The molecule has 0 aromatic heterocycles. The minimum atomic E-state index is -4.06. The van der Waals surface area contributed by atoms with Gasteiger partial charge < -0.3 is 19.5 Å². The number of β-amino-alcohol motifs (C(OH)–C–C–N with tert-alkyl or cyclic N) is 1. The Morgan fingerprint density at radius 2 is 1.79 bits per heavy atom. The number of benzene rings is 1. The third-order valence-electron chi connectivity index (χ3n) is 13.0. The minimum absolute atomic E-state index is 0.00257. The number of rotatable bonds is 11. The van der Waals surface area contributed by atoms with E-state index in [0.29, 0.717) is 62.1 Å². The summed E-state index contributed by atoms with van der Waals surface area (Å²) in [5.41, 5.74) is 1.46. The van der Waals surface area contributed by atoms with Crippen LogP contribution in [0.1, 0.15) is 115 Å². The SMILES string of the molecule is CC(C)C[C@H](NC(=O)CCC1CCCC1)C(=O)N1CCN(C[C@]2(O)CC[C@H]3[C@@H]4CCc5cc(OS(N)(=O)=O)ccc5[C@H]4CC[C@@]32C)CC1. The molecule has 2 amide bonds. The smallest absolute Gasteiger partial charge is 0.380 e. The van der Waals surface area contributed by atoms with Crippen molar-refractivity contribution >= 4 is 22.1 Å². The second-order valence-electron chi connectivity index (χ2n) is 16.4. The first-order chi connectivity index (χ1) is 22.7. The first-order valence-corrected chi connectivity index (χ1v) is 20.1. The van der Waals surface area contributed by atoms with Crippen LogP contribution in [-0.4, -0.2) is 79.5 Å². The number of fused-ring (bicyclic) bond motifs is 5. The highest BCUT2D eigenvalue weighted by molar-refractivity contribution is 7.84. The van der Waals surface area contributed by atoms with Crippen LogP contribution in [0.25, 0.3) is 0 Å². The van der Waals surface area contributed by atoms with Gasteiger partial charge >= 0.3 is 10.3 Å². The highest BCUT2D eigenvalue weighted by atomic mass is 32.2. The number of carbonyl (C=O) groups is 2. The number of hydrogen-bond acceptors (Lipinski definition) is 7. The number of carbonyl (C=O) groups excluding carboxylic acids is 2. The standard InChI is InChI=1S/C37H58N4O6S/c1-25(2)22-33(39-34(42)13-8-26-6-4-5-7-26)35(43)41-20-18-40(19-21-41)24-37(44)17-15-32-31-11-9-27-23-28(47-48(38,45)46)10-12-29(27)30(31)14-16-36(32,37)3/h10,12,23,25-26,30-33,44H,4-9,11,13-22,24H2,1-3H3,(H,39,42)(H2,38,45,46)/t30-,31-,32+,33+,36+,37-/m1/s1. The first kappa shape index (κ1) is 35.6. The predicted octanol–water partition coefficient (Wildman–Crippen LogP) is 4.50. The quantitative estimate of drug-likeness (QED) is 0.311. The number of aryl methyl sites for hydroxylation is 1. The van der Waals surface area contributed by atoms with E-state index in [-0.39, 0.29) is 23.0 Å². The molecule has 4 fully saturated rings. The van der Waals surface area contributed by atoms with Crippen LogP contribution in [0.3, 0.4) is 0 Å². The molecule has 1 aromatic rings. The van der Waals surface area contributed by atoms with Gasteiger partial charge in [-0.3, -0.25) is 14.5 Å². The van der Waals surface area contributed by atoms with Crippen LogP contribution in [0.4, 0.5) is 0 Å². The van der Waals surface area contributed by atoms with Gasteiger partial charge in [-0.1, -0.05) is 52.5 Å². The molecule has 1 aliphatic heterocycles. The molecule has 4 N–H and O–H groups in total. The molecule has 0 spiro atoms. The van der Waals surface area contributed by atoms with Gasteiger partial charge in [-0.2, -0.15) is 13.6 Å². The molecule has 4 aliphatic carbocycles. The molecular weight excluding hydrogens is 628 g/mol. The zero-order valence-electron chi connectivity index (χ0n) is 29.3. The lowest BCUT2D eigenvalue weighted by Crippen LogP contribution is -2.60. The summed E-state index contributed by atoms with van der Waals surface area (Å²) in [6.07, 6.45) is 12.7. The van der Waals surface area contributed by atoms with Crippen molar-refractivity contribution in [3.63, 3.8) is 0 Å². The summed E-state index contributed by atoms with van der Waals surface area (Å²) in [4.78, 5) is 30.8. The molecule has 11 heteroatoms. The molecule has 0 radical (unpaired) electrons. The zero-order chi connectivity index (χ0) is 34.3. The van der Waals surface area contributed by atoms with Crippen molar-refractivity contribution in [1.82, 2.24) is 15.1 Å².